The number of aromatic nitrogens is 3. The van der Waals surface area contributed by atoms with E-state index in [1.165, 1.54) is 0 Å². The van der Waals surface area contributed by atoms with Crippen LogP contribution in [-0.4, -0.2) is 51.0 Å². The molecule has 3 rings (SSSR count). The number of nitrogens with one attached hydrogen (secondary N) is 2. The maximum absolute atomic E-state index is 13.8. The Morgan fingerprint density at radius 2 is 2.38 bits per heavy atom. The van der Waals surface area contributed by atoms with Crippen LogP contribution in [0.4, 0.5) is 15.0 Å². The van der Waals surface area contributed by atoms with Crippen molar-refractivity contribution in [2.75, 3.05) is 18.4 Å². The Labute approximate surface area is 143 Å². The van der Waals surface area contributed by atoms with Gasteiger partial charge in [-0.3, -0.25) is 14.9 Å². The van der Waals surface area contributed by atoms with Crippen LogP contribution >= 0.6 is 11.3 Å². The van der Waals surface area contributed by atoms with Gasteiger partial charge in [-0.1, -0.05) is 0 Å². The maximum Gasteiger partial charge on any atom is 0.320 e. The summed E-state index contributed by atoms with van der Waals surface area (Å²) in [4.78, 5) is 18.4. The normalized spacial score (nSPS) is 21.1. The molecule has 3 heterocycles. The van der Waals surface area contributed by atoms with Crippen molar-refractivity contribution in [3.63, 3.8) is 0 Å². The first-order chi connectivity index (χ1) is 11.5. The lowest BCUT2D eigenvalue weighted by atomic mass is 10.2. The molecular weight excluding hydrogens is 331 g/mol. The molecule has 1 aliphatic heterocycles. The molecule has 7 nitrogen and oxygen atoms in total. The summed E-state index contributed by atoms with van der Waals surface area (Å²) in [7, 11) is 1.78. The minimum atomic E-state index is -0.865. The van der Waals surface area contributed by atoms with E-state index in [-0.39, 0.29) is 12.1 Å². The third-order valence-electron chi connectivity index (χ3n) is 3.96. The highest BCUT2D eigenvalue weighted by atomic mass is 32.1. The number of halogens is 1. The Balaban J connectivity index is 1.51. The molecule has 130 valence electrons. The van der Waals surface area contributed by atoms with E-state index in [4.69, 9.17) is 0 Å². The Kier molecular flexibility index (Phi) is 5.10. The summed E-state index contributed by atoms with van der Waals surface area (Å²) in [6.07, 6.45) is 1.31. The summed E-state index contributed by atoms with van der Waals surface area (Å²) in [5, 5.41) is 12.5. The van der Waals surface area contributed by atoms with Gasteiger partial charge in [-0.05, 0) is 13.3 Å². The average molecular weight is 352 g/mol. The number of rotatable bonds is 5. The minimum absolute atomic E-state index is 0.0310. The number of carbonyl (C=O) groups excluding carboxylic acids is 1. The molecule has 2 atom stereocenters. The van der Waals surface area contributed by atoms with Gasteiger partial charge in [0.05, 0.1) is 10.7 Å². The molecule has 2 aromatic rings. The number of hydrogen-bond acceptors (Lipinski definition) is 5. The molecule has 0 radical (unpaired) electrons. The molecule has 0 aromatic carbocycles. The number of amides is 2. The number of urea groups is 1. The second-order valence-corrected chi connectivity index (χ2v) is 7.05. The molecule has 0 aliphatic carbocycles. The maximum atomic E-state index is 13.8. The summed E-state index contributed by atoms with van der Waals surface area (Å²) in [6, 6.07) is 1.35. The van der Waals surface area contributed by atoms with E-state index in [0.29, 0.717) is 31.9 Å². The molecule has 2 N–H and O–H groups in total. The van der Waals surface area contributed by atoms with Gasteiger partial charge in [0.2, 0.25) is 0 Å². The summed E-state index contributed by atoms with van der Waals surface area (Å²) < 4.78 is 15.4. The fourth-order valence-corrected chi connectivity index (χ4v) is 3.47. The van der Waals surface area contributed by atoms with Gasteiger partial charge in [-0.25, -0.2) is 14.2 Å². The van der Waals surface area contributed by atoms with E-state index in [1.807, 2.05) is 17.2 Å². The SMILES string of the molecule is Cc1nc(CN2C[C@@H](F)C[C@H]2CNC(=O)Nc2ccn(C)n2)cs1. The quantitative estimate of drug-likeness (QED) is 0.862. The number of aryl methyl sites for hydroxylation is 2. The van der Waals surface area contributed by atoms with Gasteiger partial charge in [-0.15, -0.1) is 11.3 Å². The zero-order chi connectivity index (χ0) is 17.1. The number of thiazole rings is 1. The van der Waals surface area contributed by atoms with Crippen LogP contribution in [0, 0.1) is 6.92 Å². The highest BCUT2D eigenvalue weighted by Gasteiger charge is 2.32. The van der Waals surface area contributed by atoms with Crippen LogP contribution in [0.25, 0.3) is 0 Å². The molecule has 0 unspecified atom stereocenters. The molecule has 1 saturated heterocycles. The number of alkyl halides is 1. The number of anilines is 1. The van der Waals surface area contributed by atoms with Gasteiger partial charge < -0.3 is 5.32 Å². The van der Waals surface area contributed by atoms with Gasteiger partial charge >= 0.3 is 6.03 Å². The van der Waals surface area contributed by atoms with Gasteiger partial charge in [-0.2, -0.15) is 5.10 Å². The van der Waals surface area contributed by atoms with E-state index in [9.17, 15) is 9.18 Å². The fraction of sp³-hybridized carbons (Fsp3) is 0.533. The number of hydrogen-bond donors (Lipinski definition) is 2. The van der Waals surface area contributed by atoms with E-state index < -0.39 is 6.17 Å². The van der Waals surface area contributed by atoms with Crippen LogP contribution in [0.3, 0.4) is 0 Å². The van der Waals surface area contributed by atoms with Crippen LogP contribution in [-0.2, 0) is 13.6 Å². The van der Waals surface area contributed by atoms with Crippen LogP contribution in [0.5, 0.6) is 0 Å². The van der Waals surface area contributed by atoms with Crippen molar-refractivity contribution in [2.45, 2.75) is 32.1 Å². The van der Waals surface area contributed by atoms with Gasteiger partial charge in [0.25, 0.3) is 0 Å². The highest BCUT2D eigenvalue weighted by molar-refractivity contribution is 7.09. The van der Waals surface area contributed by atoms with E-state index in [2.05, 4.69) is 20.7 Å². The Morgan fingerprint density at radius 1 is 1.54 bits per heavy atom. The highest BCUT2D eigenvalue weighted by Crippen LogP contribution is 2.23. The van der Waals surface area contributed by atoms with Crippen LogP contribution in [0.15, 0.2) is 17.6 Å². The van der Waals surface area contributed by atoms with Crippen LogP contribution in [0.1, 0.15) is 17.1 Å². The molecule has 1 aliphatic rings. The second-order valence-electron chi connectivity index (χ2n) is 5.98. The monoisotopic (exact) mass is 352 g/mol. The first-order valence-corrected chi connectivity index (χ1v) is 8.71. The lowest BCUT2D eigenvalue weighted by Gasteiger charge is -2.23. The smallest absolute Gasteiger partial charge is 0.320 e. The summed E-state index contributed by atoms with van der Waals surface area (Å²) in [5.41, 5.74) is 0.953. The number of carbonyl (C=O) groups is 1. The van der Waals surface area contributed by atoms with E-state index in [1.54, 1.807) is 35.3 Å². The van der Waals surface area contributed by atoms with Gasteiger partial charge in [0.1, 0.15) is 6.17 Å². The van der Waals surface area contributed by atoms with E-state index in [0.717, 1.165) is 10.7 Å². The predicted molar refractivity (Wildman–Crippen MR) is 90.8 cm³/mol. The van der Waals surface area contributed by atoms with Gasteiger partial charge in [0, 0.05) is 50.4 Å². The minimum Gasteiger partial charge on any atom is -0.336 e. The van der Waals surface area contributed by atoms with Crippen molar-refractivity contribution in [3.8, 4) is 0 Å². The molecule has 0 bridgehead atoms. The third-order valence-corrected chi connectivity index (χ3v) is 4.78. The molecule has 9 heteroatoms. The van der Waals surface area contributed by atoms with Crippen molar-refractivity contribution in [1.29, 1.82) is 0 Å². The number of nitrogens with zero attached hydrogens (tertiary/aromatic N) is 4. The lowest BCUT2D eigenvalue weighted by molar-refractivity contribution is 0.222. The summed E-state index contributed by atoms with van der Waals surface area (Å²) in [6.45, 7) is 3.34. The first-order valence-electron chi connectivity index (χ1n) is 7.83. The molecule has 24 heavy (non-hydrogen) atoms. The first kappa shape index (κ1) is 16.8. The van der Waals surface area contributed by atoms with Crippen molar-refractivity contribution in [3.05, 3.63) is 28.3 Å². The fourth-order valence-electron chi connectivity index (χ4n) is 2.87. The summed E-state index contributed by atoms with van der Waals surface area (Å²) >= 11 is 1.59. The molecule has 2 aromatic heterocycles. The largest absolute Gasteiger partial charge is 0.336 e. The van der Waals surface area contributed by atoms with E-state index >= 15 is 0 Å². The molecule has 1 fully saturated rings. The molecule has 2 amide bonds. The molecule has 0 spiro atoms. The lowest BCUT2D eigenvalue weighted by Crippen LogP contribution is -2.41. The van der Waals surface area contributed by atoms with Crippen molar-refractivity contribution >= 4 is 23.2 Å². The zero-order valence-corrected chi connectivity index (χ0v) is 14.5. The van der Waals surface area contributed by atoms with Crippen molar-refractivity contribution < 1.29 is 9.18 Å². The predicted octanol–water partition coefficient (Wildman–Crippen LogP) is 1.92. The zero-order valence-electron chi connectivity index (χ0n) is 13.7. The standard InChI is InChI=1S/C15H21FN6OS/c1-10-18-12(9-24-10)8-22-7-11(16)5-13(22)6-17-15(23)19-14-3-4-21(2)20-14/h3-4,9,11,13H,5-8H2,1-2H3,(H2,17,19,20,23)/t11-,13-/m0/s1. The van der Waals surface area contributed by atoms with Crippen LogP contribution < -0.4 is 10.6 Å². The average Bonchev–Trinajstić information content (AvgIpc) is 3.20. The Bertz CT molecular complexity index is 702. The third kappa shape index (κ3) is 4.30. The molecular formula is C15H21FN6OS. The Hall–Kier alpha value is -2.00. The molecule has 0 saturated carbocycles. The van der Waals surface area contributed by atoms with Crippen LogP contribution in [0.2, 0.25) is 0 Å². The van der Waals surface area contributed by atoms with Gasteiger partial charge in [0.15, 0.2) is 5.82 Å². The number of likely N-dealkylation sites (tertiary alicyclic amines) is 1. The second kappa shape index (κ2) is 7.27. The van der Waals surface area contributed by atoms with Crippen molar-refractivity contribution in [1.82, 2.24) is 25.0 Å². The summed E-state index contributed by atoms with van der Waals surface area (Å²) in [5.74, 6) is 0.486. The van der Waals surface area contributed by atoms with Crippen molar-refractivity contribution in [2.24, 2.45) is 7.05 Å². The topological polar surface area (TPSA) is 75.1 Å². The Morgan fingerprint density at radius 3 is 3.04 bits per heavy atom.